The zero-order valence-electron chi connectivity index (χ0n) is 11.4. The zero-order valence-corrected chi connectivity index (χ0v) is 11.4. The van der Waals surface area contributed by atoms with Crippen LogP contribution >= 0.6 is 0 Å². The van der Waals surface area contributed by atoms with Crippen LogP contribution in [-0.4, -0.2) is 20.0 Å². The molecule has 0 atom stereocenters. The van der Waals surface area contributed by atoms with Crippen molar-refractivity contribution in [1.29, 1.82) is 0 Å². The van der Waals surface area contributed by atoms with E-state index >= 15 is 0 Å². The van der Waals surface area contributed by atoms with Crippen LogP contribution in [0.25, 0.3) is 22.8 Å². The maximum absolute atomic E-state index is 11.0. The lowest BCUT2D eigenvalue weighted by Crippen LogP contribution is -1.91. The van der Waals surface area contributed by atoms with Gasteiger partial charge in [-0.2, -0.15) is 4.98 Å². The molecule has 0 unspecified atom stereocenters. The van der Waals surface area contributed by atoms with Crippen molar-refractivity contribution in [2.45, 2.75) is 0 Å². The zero-order chi connectivity index (χ0) is 16.4. The molecule has 0 aliphatic rings. The Kier molecular flexibility index (Phi) is 3.51. The van der Waals surface area contributed by atoms with Gasteiger partial charge in [-0.05, 0) is 6.07 Å². The SMILES string of the molecule is O=[N+]([O-])c1cccc(-c2noc(-c3ccccc3[N+](=O)[O-])n2)c1. The molecule has 9 nitrogen and oxygen atoms in total. The third-order valence-electron chi connectivity index (χ3n) is 3.07. The molecule has 0 spiro atoms. The van der Waals surface area contributed by atoms with Crippen LogP contribution in [0.3, 0.4) is 0 Å². The molecule has 3 rings (SSSR count). The molecule has 0 amide bonds. The number of para-hydroxylation sites is 1. The van der Waals surface area contributed by atoms with Gasteiger partial charge in [-0.3, -0.25) is 20.2 Å². The molecule has 0 bridgehead atoms. The standard InChI is InChI=1S/C14H8N4O5/c19-17(20)10-5-3-4-9(8-10)13-15-14(23-16-13)11-6-1-2-7-12(11)18(21)22/h1-8H. The second kappa shape index (κ2) is 5.64. The van der Waals surface area contributed by atoms with Crippen LogP contribution in [0.4, 0.5) is 11.4 Å². The van der Waals surface area contributed by atoms with Crippen molar-refractivity contribution >= 4 is 11.4 Å². The van der Waals surface area contributed by atoms with Crippen LogP contribution in [0.15, 0.2) is 53.1 Å². The molecule has 114 valence electrons. The molecule has 0 saturated heterocycles. The molecule has 2 aromatic carbocycles. The average molecular weight is 312 g/mol. The van der Waals surface area contributed by atoms with Crippen LogP contribution in [0.2, 0.25) is 0 Å². The van der Waals surface area contributed by atoms with Crippen molar-refractivity contribution in [3.63, 3.8) is 0 Å². The first kappa shape index (κ1) is 14.3. The summed E-state index contributed by atoms with van der Waals surface area (Å²) in [5.41, 5.74) is 0.288. The quantitative estimate of drug-likeness (QED) is 0.534. The Balaban J connectivity index is 2.03. The van der Waals surface area contributed by atoms with Gasteiger partial charge in [0.15, 0.2) is 0 Å². The average Bonchev–Trinajstić information content (AvgIpc) is 3.05. The highest BCUT2D eigenvalue weighted by Gasteiger charge is 2.20. The number of non-ortho nitro benzene ring substituents is 1. The first-order chi connectivity index (χ1) is 11.1. The van der Waals surface area contributed by atoms with Gasteiger partial charge in [-0.25, -0.2) is 0 Å². The highest BCUT2D eigenvalue weighted by Crippen LogP contribution is 2.30. The molecule has 1 aromatic heterocycles. The van der Waals surface area contributed by atoms with E-state index in [1.807, 2.05) is 0 Å². The number of nitro groups is 2. The Morgan fingerprint density at radius 3 is 2.48 bits per heavy atom. The predicted molar refractivity (Wildman–Crippen MR) is 78.5 cm³/mol. The summed E-state index contributed by atoms with van der Waals surface area (Å²) in [5.74, 6) is 0.0839. The van der Waals surface area contributed by atoms with Gasteiger partial charge in [0, 0.05) is 23.8 Å². The van der Waals surface area contributed by atoms with Crippen LogP contribution in [-0.2, 0) is 0 Å². The summed E-state index contributed by atoms with van der Waals surface area (Å²) in [6.07, 6.45) is 0. The minimum absolute atomic E-state index is 0.0289. The number of hydrogen-bond acceptors (Lipinski definition) is 7. The minimum Gasteiger partial charge on any atom is -0.333 e. The number of aromatic nitrogens is 2. The Labute approximate surface area is 128 Å². The van der Waals surface area contributed by atoms with Gasteiger partial charge in [0.2, 0.25) is 5.82 Å². The Morgan fingerprint density at radius 2 is 1.74 bits per heavy atom. The van der Waals surface area contributed by atoms with E-state index < -0.39 is 9.85 Å². The topological polar surface area (TPSA) is 125 Å². The number of nitrogens with zero attached hydrogens (tertiary/aromatic N) is 4. The van der Waals surface area contributed by atoms with E-state index in [0.29, 0.717) is 5.56 Å². The third-order valence-corrected chi connectivity index (χ3v) is 3.07. The maximum atomic E-state index is 11.0. The lowest BCUT2D eigenvalue weighted by molar-refractivity contribution is -0.384. The van der Waals surface area contributed by atoms with Crippen molar-refractivity contribution in [1.82, 2.24) is 10.1 Å². The van der Waals surface area contributed by atoms with Crippen LogP contribution in [0.5, 0.6) is 0 Å². The molecule has 23 heavy (non-hydrogen) atoms. The van der Waals surface area contributed by atoms with Crippen LogP contribution < -0.4 is 0 Å². The van der Waals surface area contributed by atoms with Gasteiger partial charge in [0.25, 0.3) is 17.3 Å². The van der Waals surface area contributed by atoms with Gasteiger partial charge in [0.1, 0.15) is 5.56 Å². The Hall–Kier alpha value is -3.62. The molecule has 0 saturated carbocycles. The summed E-state index contributed by atoms with van der Waals surface area (Å²) in [6.45, 7) is 0. The van der Waals surface area contributed by atoms with E-state index in [0.717, 1.165) is 0 Å². The first-order valence-corrected chi connectivity index (χ1v) is 6.38. The van der Waals surface area contributed by atoms with E-state index in [-0.39, 0.29) is 28.7 Å². The monoisotopic (exact) mass is 312 g/mol. The molecule has 0 aliphatic heterocycles. The first-order valence-electron chi connectivity index (χ1n) is 6.38. The molecule has 0 aliphatic carbocycles. The summed E-state index contributed by atoms with van der Waals surface area (Å²) in [5, 5.41) is 25.6. The molecular formula is C14H8N4O5. The van der Waals surface area contributed by atoms with Gasteiger partial charge < -0.3 is 4.52 Å². The number of nitro benzene ring substituents is 2. The van der Waals surface area contributed by atoms with Gasteiger partial charge in [-0.15, -0.1) is 0 Å². The highest BCUT2D eigenvalue weighted by molar-refractivity contribution is 5.68. The smallest absolute Gasteiger partial charge is 0.282 e. The van der Waals surface area contributed by atoms with Gasteiger partial charge in [0.05, 0.1) is 9.85 Å². The lowest BCUT2D eigenvalue weighted by Gasteiger charge is -1.96. The number of benzene rings is 2. The van der Waals surface area contributed by atoms with E-state index in [1.54, 1.807) is 12.1 Å². The van der Waals surface area contributed by atoms with E-state index in [1.165, 1.54) is 36.4 Å². The number of rotatable bonds is 4. The second-order valence-corrected chi connectivity index (χ2v) is 4.50. The summed E-state index contributed by atoms with van der Waals surface area (Å²) >= 11 is 0. The highest BCUT2D eigenvalue weighted by atomic mass is 16.6. The number of hydrogen-bond donors (Lipinski definition) is 0. The fourth-order valence-corrected chi connectivity index (χ4v) is 2.02. The third kappa shape index (κ3) is 2.75. The molecule has 9 heteroatoms. The largest absolute Gasteiger partial charge is 0.333 e. The summed E-state index contributed by atoms with van der Waals surface area (Å²) in [6, 6.07) is 11.7. The normalized spacial score (nSPS) is 10.4. The molecule has 0 radical (unpaired) electrons. The lowest BCUT2D eigenvalue weighted by atomic mass is 10.1. The second-order valence-electron chi connectivity index (χ2n) is 4.50. The van der Waals surface area contributed by atoms with Crippen molar-refractivity contribution in [3.8, 4) is 22.8 Å². The molecular weight excluding hydrogens is 304 g/mol. The van der Waals surface area contributed by atoms with Crippen LogP contribution in [0, 0.1) is 20.2 Å². The molecule has 1 heterocycles. The fraction of sp³-hybridized carbons (Fsp3) is 0. The summed E-state index contributed by atoms with van der Waals surface area (Å²) < 4.78 is 5.06. The summed E-state index contributed by atoms with van der Waals surface area (Å²) in [7, 11) is 0. The van der Waals surface area contributed by atoms with E-state index in [4.69, 9.17) is 4.52 Å². The van der Waals surface area contributed by atoms with Gasteiger partial charge in [-0.1, -0.05) is 29.4 Å². The van der Waals surface area contributed by atoms with Crippen molar-refractivity contribution < 1.29 is 14.4 Å². The van der Waals surface area contributed by atoms with Crippen molar-refractivity contribution in [2.24, 2.45) is 0 Å². The van der Waals surface area contributed by atoms with E-state index in [2.05, 4.69) is 10.1 Å². The summed E-state index contributed by atoms with van der Waals surface area (Å²) in [4.78, 5) is 24.8. The van der Waals surface area contributed by atoms with Gasteiger partial charge >= 0.3 is 0 Å². The van der Waals surface area contributed by atoms with Crippen molar-refractivity contribution in [3.05, 3.63) is 68.8 Å². The van der Waals surface area contributed by atoms with Crippen LogP contribution in [0.1, 0.15) is 0 Å². The van der Waals surface area contributed by atoms with Crippen molar-refractivity contribution in [2.75, 3.05) is 0 Å². The Bertz CT molecular complexity index is 905. The Morgan fingerprint density at radius 1 is 0.957 bits per heavy atom. The fourth-order valence-electron chi connectivity index (χ4n) is 2.02. The molecule has 3 aromatic rings. The maximum Gasteiger partial charge on any atom is 0.282 e. The molecule has 0 N–H and O–H groups in total. The molecule has 0 fully saturated rings. The predicted octanol–water partition coefficient (Wildman–Crippen LogP) is 3.22. The minimum atomic E-state index is -0.549. The van der Waals surface area contributed by atoms with E-state index in [9.17, 15) is 20.2 Å².